The molecule has 46 heavy (non-hydrogen) atoms. The number of benzene rings is 2. The summed E-state index contributed by atoms with van der Waals surface area (Å²) in [6, 6.07) is 12.6. The van der Waals surface area contributed by atoms with Gasteiger partial charge in [-0.05, 0) is 29.9 Å². The molecular weight excluding hydrogens is 606 g/mol. The highest BCUT2D eigenvalue weighted by atomic mass is 19.3. The number of rotatable bonds is 14. The van der Waals surface area contributed by atoms with E-state index in [1.165, 1.54) is 18.7 Å². The Morgan fingerprint density at radius 1 is 0.935 bits per heavy atom. The second kappa shape index (κ2) is 16.4. The highest BCUT2D eigenvalue weighted by Gasteiger charge is 2.52. The molecule has 1 fully saturated rings. The van der Waals surface area contributed by atoms with Crippen LogP contribution in [0.2, 0.25) is 0 Å². The number of halogens is 2. The van der Waals surface area contributed by atoms with E-state index < -0.39 is 72.1 Å². The number of methoxy groups -OCH3 is 1. The van der Waals surface area contributed by atoms with Crippen LogP contribution in [-0.4, -0.2) is 84.7 Å². The Morgan fingerprint density at radius 2 is 1.54 bits per heavy atom. The van der Waals surface area contributed by atoms with Crippen LogP contribution in [0.15, 0.2) is 60.7 Å². The maximum atomic E-state index is 15.4. The van der Waals surface area contributed by atoms with Gasteiger partial charge in [-0.15, -0.1) is 0 Å². The molecule has 0 saturated carbocycles. The lowest BCUT2D eigenvalue weighted by Crippen LogP contribution is -2.60. The average molecular weight is 645 g/mol. The summed E-state index contributed by atoms with van der Waals surface area (Å²) in [4.78, 5) is 77.4. The molecule has 4 amide bonds. The minimum atomic E-state index is -4.66. The zero-order valence-corrected chi connectivity index (χ0v) is 25.8. The first kappa shape index (κ1) is 35.6. The summed E-state index contributed by atoms with van der Waals surface area (Å²) in [5.74, 6) is -12.1. The zero-order chi connectivity index (χ0) is 33.9. The van der Waals surface area contributed by atoms with Crippen LogP contribution in [-0.2, 0) is 46.5 Å². The molecule has 1 aliphatic rings. The maximum Gasteiger partial charge on any atom is 0.410 e. The van der Waals surface area contributed by atoms with E-state index in [0.29, 0.717) is 12.0 Å². The standard InChI is InChI=1S/C32H38F2N4O8/c1-20(2)26(37-29(42)24-15-10-16-38(24)31(44)46-19-22-13-8-5-9-14-22)27(40)32(33,34)30(43)36-23(17-21-11-6-4-7-12-21)28(41)35-18-25(39)45-3/h4-9,11-14,20,23-24,26H,10,15-19H2,1-3H3,(H,35,41)(H,36,43)(H,37,42)/t23-,24?,26?/m0/s1. The Bertz CT molecular complexity index is 1390. The van der Waals surface area contributed by atoms with Crippen LogP contribution in [0.25, 0.3) is 0 Å². The number of amides is 4. The van der Waals surface area contributed by atoms with Crippen LogP contribution in [0.5, 0.6) is 0 Å². The van der Waals surface area contributed by atoms with Crippen molar-refractivity contribution in [3.63, 3.8) is 0 Å². The highest BCUT2D eigenvalue weighted by molar-refractivity contribution is 6.11. The van der Waals surface area contributed by atoms with Gasteiger partial charge in [0.25, 0.3) is 5.91 Å². The van der Waals surface area contributed by atoms with Crippen molar-refractivity contribution in [3.8, 4) is 0 Å². The first-order chi connectivity index (χ1) is 21.8. The molecule has 0 aromatic heterocycles. The molecule has 0 radical (unpaired) electrons. The van der Waals surface area contributed by atoms with Crippen molar-refractivity contribution in [2.45, 2.75) is 63.8 Å². The third kappa shape index (κ3) is 9.56. The predicted octanol–water partition coefficient (Wildman–Crippen LogP) is 2.15. The van der Waals surface area contributed by atoms with Gasteiger partial charge in [0.1, 0.15) is 25.2 Å². The van der Waals surface area contributed by atoms with E-state index in [1.807, 2.05) is 5.32 Å². The number of hydrogen-bond donors (Lipinski definition) is 3. The van der Waals surface area contributed by atoms with Crippen molar-refractivity contribution >= 4 is 35.6 Å². The van der Waals surface area contributed by atoms with Crippen molar-refractivity contribution < 1.29 is 47.0 Å². The van der Waals surface area contributed by atoms with Crippen LogP contribution in [0, 0.1) is 5.92 Å². The van der Waals surface area contributed by atoms with E-state index in [2.05, 4.69) is 15.4 Å². The number of likely N-dealkylation sites (tertiary alicyclic amines) is 1. The number of ether oxygens (including phenoxy) is 2. The monoisotopic (exact) mass is 644 g/mol. The lowest BCUT2D eigenvalue weighted by Gasteiger charge is -2.29. The van der Waals surface area contributed by atoms with E-state index in [4.69, 9.17) is 4.74 Å². The number of ketones is 1. The SMILES string of the molecule is COC(=O)CNC(=O)[C@H](Cc1ccccc1)NC(=O)C(F)(F)C(=O)C(NC(=O)C1CCCN1C(=O)OCc1ccccc1)C(C)C. The van der Waals surface area contributed by atoms with E-state index in [-0.39, 0.29) is 26.0 Å². The highest BCUT2D eigenvalue weighted by Crippen LogP contribution is 2.24. The largest absolute Gasteiger partial charge is 0.468 e. The summed E-state index contributed by atoms with van der Waals surface area (Å²) in [7, 11) is 1.09. The van der Waals surface area contributed by atoms with Gasteiger partial charge < -0.3 is 25.4 Å². The first-order valence-electron chi connectivity index (χ1n) is 14.7. The molecule has 2 aromatic carbocycles. The zero-order valence-electron chi connectivity index (χ0n) is 25.8. The number of nitrogens with zero attached hydrogens (tertiary/aromatic N) is 1. The molecule has 2 unspecified atom stereocenters. The lowest BCUT2D eigenvalue weighted by molar-refractivity contribution is -0.162. The summed E-state index contributed by atoms with van der Waals surface area (Å²) < 4.78 is 40.7. The molecule has 14 heteroatoms. The van der Waals surface area contributed by atoms with Crippen LogP contribution in [0.4, 0.5) is 13.6 Å². The number of esters is 1. The fourth-order valence-electron chi connectivity index (χ4n) is 4.81. The number of Topliss-reactive ketones (excluding diaryl/α,β-unsaturated/α-hetero) is 1. The number of alkyl halides is 2. The van der Waals surface area contributed by atoms with Gasteiger partial charge in [0, 0.05) is 13.0 Å². The number of carbonyl (C=O) groups excluding carboxylic acids is 6. The second-order valence-electron chi connectivity index (χ2n) is 11.1. The van der Waals surface area contributed by atoms with Crippen molar-refractivity contribution in [2.24, 2.45) is 5.92 Å². The van der Waals surface area contributed by atoms with E-state index in [9.17, 15) is 28.8 Å². The number of carbonyl (C=O) groups is 6. The average Bonchev–Trinajstić information content (AvgIpc) is 3.55. The van der Waals surface area contributed by atoms with Crippen LogP contribution in [0.3, 0.4) is 0 Å². The topological polar surface area (TPSA) is 160 Å². The third-order valence-electron chi connectivity index (χ3n) is 7.38. The van der Waals surface area contributed by atoms with Crippen molar-refractivity contribution in [3.05, 3.63) is 71.8 Å². The molecule has 0 bridgehead atoms. The van der Waals surface area contributed by atoms with Gasteiger partial charge in [0.05, 0.1) is 13.2 Å². The normalized spacial score (nSPS) is 15.8. The molecule has 3 rings (SSSR count). The molecule has 12 nitrogen and oxygen atoms in total. The van der Waals surface area contributed by atoms with E-state index in [0.717, 1.165) is 12.7 Å². The van der Waals surface area contributed by atoms with Gasteiger partial charge >= 0.3 is 18.0 Å². The first-order valence-corrected chi connectivity index (χ1v) is 14.7. The van der Waals surface area contributed by atoms with Gasteiger partial charge in [0.2, 0.25) is 17.6 Å². The number of nitrogens with one attached hydrogen (secondary N) is 3. The second-order valence-corrected chi connectivity index (χ2v) is 11.1. The van der Waals surface area contributed by atoms with Crippen LogP contribution < -0.4 is 16.0 Å². The maximum absolute atomic E-state index is 15.4. The summed E-state index contributed by atoms with van der Waals surface area (Å²) >= 11 is 0. The van der Waals surface area contributed by atoms with Gasteiger partial charge in [-0.25, -0.2) is 4.79 Å². The molecule has 248 valence electrons. The smallest absolute Gasteiger partial charge is 0.410 e. The molecule has 2 aromatic rings. The Morgan fingerprint density at radius 3 is 2.13 bits per heavy atom. The quantitative estimate of drug-likeness (QED) is 0.208. The lowest BCUT2D eigenvalue weighted by atomic mass is 9.94. The van der Waals surface area contributed by atoms with Crippen molar-refractivity contribution in [1.29, 1.82) is 0 Å². The molecular formula is C32H38F2N4O8. The Hall–Kier alpha value is -4.88. The van der Waals surface area contributed by atoms with E-state index >= 15 is 8.78 Å². The predicted molar refractivity (Wildman–Crippen MR) is 160 cm³/mol. The molecule has 0 aliphatic carbocycles. The summed E-state index contributed by atoms with van der Waals surface area (Å²) in [5.41, 5.74) is 1.24. The summed E-state index contributed by atoms with van der Waals surface area (Å²) in [6.45, 7) is 2.40. The minimum Gasteiger partial charge on any atom is -0.468 e. The fraction of sp³-hybridized carbons (Fsp3) is 0.438. The van der Waals surface area contributed by atoms with E-state index in [1.54, 1.807) is 60.7 Å². The van der Waals surface area contributed by atoms with Gasteiger partial charge in [-0.3, -0.25) is 28.9 Å². The van der Waals surface area contributed by atoms with Crippen molar-refractivity contribution in [2.75, 3.05) is 20.2 Å². The van der Waals surface area contributed by atoms with Crippen LogP contribution in [0.1, 0.15) is 37.8 Å². The van der Waals surface area contributed by atoms with Crippen molar-refractivity contribution in [1.82, 2.24) is 20.9 Å². The molecule has 0 spiro atoms. The molecule has 3 atom stereocenters. The van der Waals surface area contributed by atoms with Gasteiger partial charge in [-0.2, -0.15) is 8.78 Å². The molecule has 1 heterocycles. The molecule has 1 saturated heterocycles. The Balaban J connectivity index is 1.70. The van der Waals surface area contributed by atoms with Crippen LogP contribution >= 0.6 is 0 Å². The summed E-state index contributed by atoms with van der Waals surface area (Å²) in [5, 5.41) is 6.44. The Labute approximate surface area is 265 Å². The molecule has 3 N–H and O–H groups in total. The fourth-order valence-corrected chi connectivity index (χ4v) is 4.81. The van der Waals surface area contributed by atoms with Gasteiger partial charge in [0.15, 0.2) is 0 Å². The number of hydrogen-bond acceptors (Lipinski definition) is 8. The van der Waals surface area contributed by atoms with Gasteiger partial charge in [-0.1, -0.05) is 74.5 Å². The Kier molecular flexibility index (Phi) is 12.7. The minimum absolute atomic E-state index is 0.0368. The third-order valence-corrected chi connectivity index (χ3v) is 7.38. The molecule has 1 aliphatic heterocycles. The summed E-state index contributed by atoms with van der Waals surface area (Å²) in [6.07, 6.45) is -0.345.